The van der Waals surface area contributed by atoms with Crippen LogP contribution >= 0.6 is 0 Å². The molecule has 1 aliphatic heterocycles. The average molecular weight is 621 g/mol. The lowest BCUT2D eigenvalue weighted by Gasteiger charge is -2.41. The van der Waals surface area contributed by atoms with Crippen LogP contribution in [0.1, 0.15) is 57.9 Å². The second-order valence-electron chi connectivity index (χ2n) is 12.5. The number of halogens is 2. The maximum absolute atomic E-state index is 16.0. The van der Waals surface area contributed by atoms with Gasteiger partial charge < -0.3 is 19.6 Å². The second kappa shape index (κ2) is 12.1. The van der Waals surface area contributed by atoms with Crippen molar-refractivity contribution < 1.29 is 23.4 Å². The van der Waals surface area contributed by atoms with E-state index >= 15 is 8.78 Å². The van der Waals surface area contributed by atoms with E-state index in [2.05, 4.69) is 15.0 Å². The maximum atomic E-state index is 16.0. The Morgan fingerprint density at radius 1 is 1.11 bits per heavy atom. The first kappa shape index (κ1) is 31.8. The zero-order valence-electron chi connectivity index (χ0n) is 26.6. The number of anilines is 1. The van der Waals surface area contributed by atoms with Crippen molar-refractivity contribution in [3.05, 3.63) is 69.4 Å². The van der Waals surface area contributed by atoms with E-state index in [0.717, 1.165) is 12.0 Å². The van der Waals surface area contributed by atoms with Gasteiger partial charge in [-0.3, -0.25) is 4.98 Å². The van der Waals surface area contributed by atoms with Gasteiger partial charge in [-0.25, -0.2) is 27.9 Å². The number of benzene rings is 1. The summed E-state index contributed by atoms with van der Waals surface area (Å²) >= 11 is 0. The monoisotopic (exact) mass is 620 g/mol. The number of carbonyl (C=O) groups is 1. The maximum Gasteiger partial charge on any atom is 0.410 e. The molecule has 4 aromatic rings. The number of piperazine rings is 1. The molecule has 5 rings (SSSR count). The van der Waals surface area contributed by atoms with Crippen molar-refractivity contribution in [3.8, 4) is 22.7 Å². The number of pyridine rings is 2. The number of aromatic hydroxyl groups is 1. The summed E-state index contributed by atoms with van der Waals surface area (Å²) in [6.45, 7) is 13.5. The Kier molecular flexibility index (Phi) is 8.52. The lowest BCUT2D eigenvalue weighted by molar-refractivity contribution is 0.0218. The highest BCUT2D eigenvalue weighted by atomic mass is 19.1. The fraction of sp³-hybridized carbons (Fsp3) is 0.424. The molecule has 1 N–H and O–H groups in total. The van der Waals surface area contributed by atoms with Crippen molar-refractivity contribution in [3.63, 3.8) is 0 Å². The quantitative estimate of drug-likeness (QED) is 0.296. The molecule has 0 saturated carbocycles. The highest BCUT2D eigenvalue weighted by molar-refractivity contribution is 5.91. The van der Waals surface area contributed by atoms with Gasteiger partial charge in [0.15, 0.2) is 11.5 Å². The summed E-state index contributed by atoms with van der Waals surface area (Å²) < 4.78 is 38.1. The summed E-state index contributed by atoms with van der Waals surface area (Å²) in [5.41, 5.74) is 0.130. The molecule has 0 bridgehead atoms. The van der Waals surface area contributed by atoms with Crippen LogP contribution in [0.5, 0.6) is 5.75 Å². The summed E-state index contributed by atoms with van der Waals surface area (Å²) in [4.78, 5) is 43.7. The molecule has 12 heteroatoms. The number of phenols is 1. The molecular formula is C33H38F2N6O4. The van der Waals surface area contributed by atoms with Gasteiger partial charge >= 0.3 is 11.8 Å². The van der Waals surface area contributed by atoms with Crippen LogP contribution < -0.4 is 10.6 Å². The standard InChI is InChI=1S/C33H38F2N6O4/c1-8-9-24-28(19(3)10-11-36-24)41-30-21(16-23(35)27(37-30)26-22(34)14-18(2)15-25(26)42)29(38-31(41)43)40-13-12-39(17-20(40)4)32(44)45-33(5,6)7/h10-11,14-16,20,42H,8-9,12-13,17H2,1-7H3/t20-/m0/s1. The van der Waals surface area contributed by atoms with Crippen molar-refractivity contribution in [2.75, 3.05) is 24.5 Å². The van der Waals surface area contributed by atoms with E-state index in [1.54, 1.807) is 44.9 Å². The third-order valence-electron chi connectivity index (χ3n) is 7.72. The topological polar surface area (TPSA) is 114 Å². The van der Waals surface area contributed by atoms with Gasteiger partial charge in [0, 0.05) is 31.9 Å². The van der Waals surface area contributed by atoms with Gasteiger partial charge in [-0.1, -0.05) is 13.3 Å². The van der Waals surface area contributed by atoms with Crippen molar-refractivity contribution in [1.82, 2.24) is 24.4 Å². The fourth-order valence-electron chi connectivity index (χ4n) is 5.76. The van der Waals surface area contributed by atoms with Crippen molar-refractivity contribution in [2.45, 2.75) is 73.0 Å². The summed E-state index contributed by atoms with van der Waals surface area (Å²) in [7, 11) is 0. The van der Waals surface area contributed by atoms with Crippen LogP contribution in [-0.4, -0.2) is 66.9 Å². The number of carbonyl (C=O) groups excluding carboxylic acids is 1. The predicted octanol–water partition coefficient (Wildman–Crippen LogP) is 5.84. The summed E-state index contributed by atoms with van der Waals surface area (Å²) in [5.74, 6) is -2.03. The normalized spacial score (nSPS) is 15.5. The summed E-state index contributed by atoms with van der Waals surface area (Å²) in [5, 5.41) is 10.9. The molecule has 1 aromatic carbocycles. The zero-order valence-corrected chi connectivity index (χ0v) is 26.6. The Morgan fingerprint density at radius 2 is 1.84 bits per heavy atom. The zero-order chi connectivity index (χ0) is 32.8. The number of aromatic nitrogens is 4. The van der Waals surface area contributed by atoms with Gasteiger partial charge in [0.05, 0.1) is 22.3 Å². The van der Waals surface area contributed by atoms with E-state index in [-0.39, 0.29) is 42.5 Å². The molecular weight excluding hydrogens is 582 g/mol. The molecule has 1 aliphatic rings. The molecule has 10 nitrogen and oxygen atoms in total. The first-order chi connectivity index (χ1) is 21.2. The number of hydrogen-bond acceptors (Lipinski definition) is 8. The molecule has 238 valence electrons. The molecule has 45 heavy (non-hydrogen) atoms. The molecule has 0 radical (unpaired) electrons. The summed E-state index contributed by atoms with van der Waals surface area (Å²) in [6.07, 6.45) is 2.51. The van der Waals surface area contributed by atoms with E-state index in [1.807, 2.05) is 25.7 Å². The van der Waals surface area contributed by atoms with Crippen LogP contribution in [0.25, 0.3) is 28.0 Å². The Bertz CT molecular complexity index is 1830. The SMILES string of the molecule is CCCc1nccc(C)c1-n1c(=O)nc(N2CCN(C(=O)OC(C)(C)C)C[C@@H]2C)c2cc(F)c(-c3c(O)cc(C)cc3F)nc21. The highest BCUT2D eigenvalue weighted by Crippen LogP contribution is 2.37. The minimum Gasteiger partial charge on any atom is -0.507 e. The van der Waals surface area contributed by atoms with Crippen molar-refractivity contribution in [2.24, 2.45) is 0 Å². The van der Waals surface area contributed by atoms with Gasteiger partial charge in [-0.05, 0) is 83.4 Å². The molecule has 0 spiro atoms. The van der Waals surface area contributed by atoms with Gasteiger partial charge in [0.25, 0.3) is 0 Å². The minimum atomic E-state index is -0.898. The fourth-order valence-corrected chi connectivity index (χ4v) is 5.76. The van der Waals surface area contributed by atoms with Crippen molar-refractivity contribution >= 4 is 22.9 Å². The Labute approximate surface area is 260 Å². The molecule has 0 unspecified atom stereocenters. The van der Waals surface area contributed by atoms with Gasteiger partial charge in [-0.2, -0.15) is 4.98 Å². The van der Waals surface area contributed by atoms with E-state index in [4.69, 9.17) is 4.74 Å². The number of ether oxygens (including phenoxy) is 1. The molecule has 1 saturated heterocycles. The molecule has 4 heterocycles. The van der Waals surface area contributed by atoms with Gasteiger partial charge in [-0.15, -0.1) is 0 Å². The van der Waals surface area contributed by atoms with Crippen LogP contribution in [0.2, 0.25) is 0 Å². The predicted molar refractivity (Wildman–Crippen MR) is 168 cm³/mol. The third kappa shape index (κ3) is 6.18. The third-order valence-corrected chi connectivity index (χ3v) is 7.72. The van der Waals surface area contributed by atoms with Crippen LogP contribution in [0.3, 0.4) is 0 Å². The minimum absolute atomic E-state index is 0.0380. The van der Waals surface area contributed by atoms with E-state index < -0.39 is 46.0 Å². The van der Waals surface area contributed by atoms with E-state index in [1.165, 1.54) is 22.8 Å². The lowest BCUT2D eigenvalue weighted by Crippen LogP contribution is -2.55. The number of hydrogen-bond donors (Lipinski definition) is 1. The first-order valence-corrected chi connectivity index (χ1v) is 15.0. The molecule has 3 aromatic heterocycles. The van der Waals surface area contributed by atoms with Crippen LogP contribution in [0.4, 0.5) is 19.4 Å². The number of aryl methyl sites for hydroxylation is 3. The molecule has 0 aliphatic carbocycles. The highest BCUT2D eigenvalue weighted by Gasteiger charge is 2.33. The largest absolute Gasteiger partial charge is 0.507 e. The van der Waals surface area contributed by atoms with Crippen LogP contribution in [-0.2, 0) is 11.2 Å². The Hall–Kier alpha value is -4.61. The average Bonchev–Trinajstić information content (AvgIpc) is 2.93. The molecule has 1 atom stereocenters. The van der Waals surface area contributed by atoms with Crippen LogP contribution in [0.15, 0.2) is 35.3 Å². The molecule has 1 amide bonds. The Balaban J connectivity index is 1.74. The summed E-state index contributed by atoms with van der Waals surface area (Å²) in [6, 6.07) is 5.11. The number of rotatable bonds is 5. The second-order valence-corrected chi connectivity index (χ2v) is 12.5. The van der Waals surface area contributed by atoms with Gasteiger partial charge in [0.1, 0.15) is 28.7 Å². The first-order valence-electron chi connectivity index (χ1n) is 15.0. The number of fused-ring (bicyclic) bond motifs is 1. The van der Waals surface area contributed by atoms with Crippen molar-refractivity contribution in [1.29, 1.82) is 0 Å². The van der Waals surface area contributed by atoms with Crippen LogP contribution in [0, 0.1) is 25.5 Å². The van der Waals surface area contributed by atoms with E-state index in [9.17, 15) is 14.7 Å². The van der Waals surface area contributed by atoms with E-state index in [0.29, 0.717) is 23.4 Å². The molecule has 1 fully saturated rings. The number of amides is 1. The number of phenolic OH excluding ortho intramolecular Hbond substituents is 1. The Morgan fingerprint density at radius 3 is 2.49 bits per heavy atom. The lowest BCUT2D eigenvalue weighted by atomic mass is 10.0. The number of nitrogens with zero attached hydrogens (tertiary/aromatic N) is 6. The van der Waals surface area contributed by atoms with Gasteiger partial charge in [0.2, 0.25) is 0 Å². The smallest absolute Gasteiger partial charge is 0.410 e.